The molecule has 0 amide bonds. The first kappa shape index (κ1) is 12.3. The van der Waals surface area contributed by atoms with Crippen LogP contribution in [0.1, 0.15) is 16.1 Å². The van der Waals surface area contributed by atoms with E-state index in [1.54, 1.807) is 12.1 Å². The second kappa shape index (κ2) is 4.16. The van der Waals surface area contributed by atoms with Crippen LogP contribution in [0.3, 0.4) is 0 Å². The third kappa shape index (κ3) is 1.59. The number of aromatic amines is 1. The Hall–Kier alpha value is -3.21. The summed E-state index contributed by atoms with van der Waals surface area (Å²) in [4.78, 5) is 20.3. The molecule has 5 rings (SSSR count). The Labute approximate surface area is 130 Å². The van der Waals surface area contributed by atoms with E-state index in [0.717, 1.165) is 11.3 Å². The highest BCUT2D eigenvalue weighted by Gasteiger charge is 2.29. The Morgan fingerprint density at radius 2 is 2.00 bits per heavy atom. The molecule has 1 N–H and O–H groups in total. The maximum Gasteiger partial charge on any atom is 0.212 e. The zero-order valence-electron chi connectivity index (χ0n) is 11.9. The number of halogens is 1. The molecule has 0 atom stereocenters. The van der Waals surface area contributed by atoms with Gasteiger partial charge in [0.1, 0.15) is 11.6 Å². The van der Waals surface area contributed by atoms with E-state index in [9.17, 15) is 9.18 Å². The Kier molecular flexibility index (Phi) is 2.24. The minimum atomic E-state index is -0.321. The maximum absolute atomic E-state index is 13.4. The van der Waals surface area contributed by atoms with Crippen LogP contribution in [0.25, 0.3) is 28.1 Å². The van der Waals surface area contributed by atoms with Crippen LogP contribution in [0.4, 0.5) is 4.39 Å². The third-order valence-electron chi connectivity index (χ3n) is 4.21. The fraction of sp³-hybridized carbons (Fsp3) is 0. The molecule has 2 aromatic heterocycles. The van der Waals surface area contributed by atoms with Gasteiger partial charge in [-0.05, 0) is 36.4 Å². The lowest BCUT2D eigenvalue weighted by Crippen LogP contribution is -1.98. The molecule has 110 valence electrons. The number of imidazole rings is 1. The van der Waals surface area contributed by atoms with E-state index < -0.39 is 0 Å². The number of fused-ring (bicyclic) bond motifs is 4. The first-order valence-corrected chi connectivity index (χ1v) is 7.23. The fourth-order valence-electron chi connectivity index (χ4n) is 3.19. The van der Waals surface area contributed by atoms with Crippen molar-refractivity contribution >= 4 is 16.8 Å². The van der Waals surface area contributed by atoms with Gasteiger partial charge in [-0.2, -0.15) is 0 Å². The predicted octanol–water partition coefficient (Wildman–Crippen LogP) is 3.70. The van der Waals surface area contributed by atoms with Crippen molar-refractivity contribution in [3.8, 4) is 17.1 Å². The molecule has 0 unspecified atom stereocenters. The number of benzene rings is 2. The van der Waals surface area contributed by atoms with Crippen LogP contribution >= 0.6 is 0 Å². The van der Waals surface area contributed by atoms with E-state index in [-0.39, 0.29) is 11.6 Å². The smallest absolute Gasteiger partial charge is 0.212 e. The first-order valence-electron chi connectivity index (χ1n) is 7.23. The van der Waals surface area contributed by atoms with Gasteiger partial charge in [0.05, 0.1) is 28.0 Å². The minimum absolute atomic E-state index is 0.0211. The molecule has 2 aromatic carbocycles. The number of nitrogens with one attached hydrogen (secondary N) is 1. The summed E-state index contributed by atoms with van der Waals surface area (Å²) >= 11 is 0. The van der Waals surface area contributed by atoms with E-state index in [4.69, 9.17) is 0 Å². The van der Waals surface area contributed by atoms with Gasteiger partial charge in [0.2, 0.25) is 5.78 Å². The zero-order chi connectivity index (χ0) is 15.6. The van der Waals surface area contributed by atoms with Crippen molar-refractivity contribution in [2.45, 2.75) is 0 Å². The first-order chi connectivity index (χ1) is 11.2. The summed E-state index contributed by atoms with van der Waals surface area (Å²) in [5.41, 5.74) is 4.14. The number of ketones is 1. The number of hydrogen-bond donors (Lipinski definition) is 1. The number of nitrogens with zero attached hydrogens (tertiary/aromatic N) is 2. The van der Waals surface area contributed by atoms with Gasteiger partial charge in [0.25, 0.3) is 0 Å². The monoisotopic (exact) mass is 303 g/mol. The second-order valence-electron chi connectivity index (χ2n) is 5.54. The van der Waals surface area contributed by atoms with E-state index >= 15 is 0 Å². The highest BCUT2D eigenvalue weighted by Crippen LogP contribution is 2.35. The van der Waals surface area contributed by atoms with Gasteiger partial charge in [-0.25, -0.2) is 9.37 Å². The highest BCUT2D eigenvalue weighted by molar-refractivity contribution is 6.17. The van der Waals surface area contributed by atoms with Gasteiger partial charge in [0.15, 0.2) is 0 Å². The highest BCUT2D eigenvalue weighted by atomic mass is 19.1. The zero-order valence-corrected chi connectivity index (χ0v) is 11.9. The summed E-state index contributed by atoms with van der Waals surface area (Å²) in [6, 6.07) is 13.7. The van der Waals surface area contributed by atoms with Crippen molar-refractivity contribution in [1.29, 1.82) is 0 Å². The summed E-state index contributed by atoms with van der Waals surface area (Å²) < 4.78 is 15.2. The summed E-state index contributed by atoms with van der Waals surface area (Å²) in [5.74, 6) is 0.229. The molecule has 0 bridgehead atoms. The summed E-state index contributed by atoms with van der Waals surface area (Å²) in [5, 5.41) is 0. The van der Waals surface area contributed by atoms with Crippen molar-refractivity contribution in [1.82, 2.24) is 14.5 Å². The number of rotatable bonds is 1. The maximum atomic E-state index is 13.4. The van der Waals surface area contributed by atoms with E-state index in [1.807, 2.05) is 35.0 Å². The van der Waals surface area contributed by atoms with E-state index in [2.05, 4.69) is 9.97 Å². The lowest BCUT2D eigenvalue weighted by atomic mass is 10.0. The molecular formula is C18H10FN3O. The van der Waals surface area contributed by atoms with Crippen molar-refractivity contribution < 1.29 is 9.18 Å². The van der Waals surface area contributed by atoms with Crippen LogP contribution < -0.4 is 0 Å². The van der Waals surface area contributed by atoms with Crippen molar-refractivity contribution in [2.75, 3.05) is 0 Å². The molecule has 0 saturated carbocycles. The second-order valence-corrected chi connectivity index (χ2v) is 5.54. The Morgan fingerprint density at radius 1 is 1.09 bits per heavy atom. The van der Waals surface area contributed by atoms with Gasteiger partial charge in [-0.15, -0.1) is 0 Å². The predicted molar refractivity (Wildman–Crippen MR) is 84.2 cm³/mol. The van der Waals surface area contributed by atoms with Crippen LogP contribution in [0.15, 0.2) is 54.7 Å². The Balaban J connectivity index is 1.78. The van der Waals surface area contributed by atoms with Crippen LogP contribution in [0, 0.1) is 5.82 Å². The van der Waals surface area contributed by atoms with E-state index in [0.29, 0.717) is 28.1 Å². The number of carbonyl (C=O) groups excluding carboxylic acids is 1. The van der Waals surface area contributed by atoms with Gasteiger partial charge in [-0.3, -0.25) is 4.79 Å². The van der Waals surface area contributed by atoms with Crippen LogP contribution in [-0.4, -0.2) is 20.3 Å². The third-order valence-corrected chi connectivity index (χ3v) is 4.21. The lowest BCUT2D eigenvalue weighted by molar-refractivity contribution is 0.104. The molecule has 4 nitrogen and oxygen atoms in total. The summed E-state index contributed by atoms with van der Waals surface area (Å²) in [6.45, 7) is 0. The van der Waals surface area contributed by atoms with E-state index in [1.165, 1.54) is 12.1 Å². The van der Waals surface area contributed by atoms with Crippen LogP contribution in [-0.2, 0) is 0 Å². The molecule has 1 aliphatic heterocycles. The minimum Gasteiger partial charge on any atom is -0.338 e. The number of H-pyrrole nitrogens is 1. The largest absolute Gasteiger partial charge is 0.338 e. The van der Waals surface area contributed by atoms with Crippen LogP contribution in [0.2, 0.25) is 0 Å². The van der Waals surface area contributed by atoms with Gasteiger partial charge >= 0.3 is 0 Å². The van der Waals surface area contributed by atoms with Crippen molar-refractivity contribution in [3.63, 3.8) is 0 Å². The molecule has 0 aliphatic carbocycles. The molecular weight excluding hydrogens is 293 g/mol. The molecule has 0 saturated heterocycles. The topological polar surface area (TPSA) is 50.7 Å². The molecule has 0 spiro atoms. The van der Waals surface area contributed by atoms with Crippen molar-refractivity contribution in [3.05, 3.63) is 71.8 Å². The molecule has 1 aliphatic rings. The molecule has 0 fully saturated rings. The van der Waals surface area contributed by atoms with Gasteiger partial charge < -0.3 is 9.55 Å². The quantitative estimate of drug-likeness (QED) is 0.513. The number of carbonyl (C=O) groups is 1. The normalized spacial score (nSPS) is 12.7. The summed E-state index contributed by atoms with van der Waals surface area (Å²) in [7, 11) is 0. The molecule has 23 heavy (non-hydrogen) atoms. The average molecular weight is 303 g/mol. The Bertz CT molecular complexity index is 1110. The SMILES string of the molecule is O=C1c2c(-c3nc4ccc(F)cc4[nH]3)cccc2-n2cccc21. The number of aromatic nitrogens is 3. The standard InChI is InChI=1S/C18H10FN3O/c19-10-6-7-12-13(9-10)21-18(20-12)11-3-1-4-14-16(11)17(23)15-5-2-8-22(14)15/h1-9H,(H,20,21). The van der Waals surface area contributed by atoms with Crippen molar-refractivity contribution in [2.24, 2.45) is 0 Å². The lowest BCUT2D eigenvalue weighted by Gasteiger charge is -2.05. The Morgan fingerprint density at radius 3 is 2.91 bits per heavy atom. The fourth-order valence-corrected chi connectivity index (χ4v) is 3.19. The number of hydrogen-bond acceptors (Lipinski definition) is 2. The van der Waals surface area contributed by atoms with Crippen LogP contribution in [0.5, 0.6) is 0 Å². The molecule has 3 heterocycles. The molecule has 4 aromatic rings. The van der Waals surface area contributed by atoms with Gasteiger partial charge in [0, 0.05) is 11.8 Å². The van der Waals surface area contributed by atoms with Gasteiger partial charge in [-0.1, -0.05) is 12.1 Å². The molecule has 5 heteroatoms. The average Bonchev–Trinajstić information content (AvgIpc) is 3.24. The summed E-state index contributed by atoms with van der Waals surface area (Å²) in [6.07, 6.45) is 1.87. The molecule has 0 radical (unpaired) electrons.